The molecule has 2 nitrogen and oxygen atoms in total. The van der Waals surface area contributed by atoms with Crippen LogP contribution < -0.4 is 4.74 Å². The molecule has 0 spiro atoms. The number of unbranched alkanes of at least 4 members (excludes halogenated alkanes) is 3. The molecule has 0 bridgehead atoms. The van der Waals surface area contributed by atoms with Crippen LogP contribution in [0.1, 0.15) is 83.1 Å². The molecule has 0 aliphatic heterocycles. The Morgan fingerprint density at radius 3 is 2.10 bits per heavy atom. The van der Waals surface area contributed by atoms with Crippen LogP contribution in [0.4, 0.5) is 0 Å². The van der Waals surface area contributed by atoms with E-state index in [1.807, 2.05) is 0 Å². The number of hydrogen-bond acceptors (Lipinski definition) is 2. The molecule has 2 atom stereocenters. The summed E-state index contributed by atoms with van der Waals surface area (Å²) in [5.41, 5.74) is 3.56. The van der Waals surface area contributed by atoms with Crippen molar-refractivity contribution in [1.29, 1.82) is 0 Å². The van der Waals surface area contributed by atoms with Gasteiger partial charge in [0.25, 0.3) is 0 Å². The minimum atomic E-state index is 0.0980. The van der Waals surface area contributed by atoms with Gasteiger partial charge in [-0.2, -0.15) is 0 Å². The van der Waals surface area contributed by atoms with Gasteiger partial charge in [0.15, 0.2) is 0 Å². The van der Waals surface area contributed by atoms with Crippen molar-refractivity contribution in [1.82, 2.24) is 0 Å². The van der Waals surface area contributed by atoms with Gasteiger partial charge in [0.2, 0.25) is 0 Å². The van der Waals surface area contributed by atoms with Gasteiger partial charge in [-0.15, -0.1) is 0 Å². The van der Waals surface area contributed by atoms with Gasteiger partial charge in [0.1, 0.15) is 11.5 Å². The molecule has 0 aromatic heterocycles. The topological polar surface area (TPSA) is 26.3 Å². The zero-order chi connectivity index (χ0) is 20.5. The highest BCUT2D eigenvalue weighted by Gasteiger charge is 2.29. The molecule has 0 N–H and O–H groups in total. The van der Waals surface area contributed by atoms with Crippen LogP contribution >= 0.6 is 0 Å². The molecule has 1 aliphatic carbocycles. The van der Waals surface area contributed by atoms with Crippen molar-refractivity contribution in [2.75, 3.05) is 6.61 Å². The maximum Gasteiger partial charge on any atom is 0.140 e. The summed E-state index contributed by atoms with van der Waals surface area (Å²) in [6.07, 6.45) is 10.2. The number of rotatable bonds is 10. The third-order valence-corrected chi connectivity index (χ3v) is 6.23. The van der Waals surface area contributed by atoms with Gasteiger partial charge >= 0.3 is 0 Å². The number of Topliss-reactive ketones (excluding diaryl/α,β-unsaturated/α-hetero) is 1. The Morgan fingerprint density at radius 2 is 1.48 bits per heavy atom. The number of ether oxygens (including phenoxy) is 1. The summed E-state index contributed by atoms with van der Waals surface area (Å²) in [4.78, 5) is 12.7. The minimum Gasteiger partial charge on any atom is -0.494 e. The van der Waals surface area contributed by atoms with Crippen molar-refractivity contribution in [3.05, 3.63) is 54.1 Å². The molecule has 2 aromatic carbocycles. The molecule has 0 saturated heterocycles. The summed E-state index contributed by atoms with van der Waals surface area (Å²) in [5.74, 6) is 2.09. The Balaban J connectivity index is 1.57. The predicted molar refractivity (Wildman–Crippen MR) is 122 cm³/mol. The second-order valence-corrected chi connectivity index (χ2v) is 8.51. The Hall–Kier alpha value is -2.09. The third kappa shape index (κ3) is 6.19. The molecular formula is C27H36O2. The van der Waals surface area contributed by atoms with Crippen LogP contribution in [0.25, 0.3) is 11.1 Å². The van der Waals surface area contributed by atoms with Gasteiger partial charge in [0.05, 0.1) is 6.61 Å². The summed E-state index contributed by atoms with van der Waals surface area (Å²) in [6.45, 7) is 5.22. The fourth-order valence-corrected chi connectivity index (χ4v) is 4.38. The maximum absolute atomic E-state index is 12.7. The first-order valence-corrected chi connectivity index (χ1v) is 11.6. The van der Waals surface area contributed by atoms with Crippen LogP contribution in [-0.4, -0.2) is 12.4 Å². The molecular weight excluding hydrogens is 356 g/mol. The average Bonchev–Trinajstić information content (AvgIpc) is 2.76. The zero-order valence-electron chi connectivity index (χ0n) is 18.2. The lowest BCUT2D eigenvalue weighted by atomic mass is 9.76. The molecule has 0 radical (unpaired) electrons. The summed E-state index contributed by atoms with van der Waals surface area (Å²) in [6, 6.07) is 17.0. The first kappa shape index (κ1) is 21.6. The Morgan fingerprint density at radius 1 is 0.828 bits per heavy atom. The van der Waals surface area contributed by atoms with E-state index in [-0.39, 0.29) is 5.92 Å². The molecule has 2 heteroatoms. The van der Waals surface area contributed by atoms with Crippen LogP contribution in [0.5, 0.6) is 5.75 Å². The summed E-state index contributed by atoms with van der Waals surface area (Å²) >= 11 is 0. The highest BCUT2D eigenvalue weighted by Crippen LogP contribution is 2.36. The van der Waals surface area contributed by atoms with E-state index in [2.05, 4.69) is 62.4 Å². The summed E-state index contributed by atoms with van der Waals surface area (Å²) in [7, 11) is 0. The van der Waals surface area contributed by atoms with E-state index in [0.29, 0.717) is 11.7 Å². The van der Waals surface area contributed by atoms with Crippen LogP contribution in [0.3, 0.4) is 0 Å². The van der Waals surface area contributed by atoms with Crippen LogP contribution in [0, 0.1) is 5.92 Å². The average molecular weight is 393 g/mol. The van der Waals surface area contributed by atoms with Gasteiger partial charge in [-0.1, -0.05) is 82.3 Å². The van der Waals surface area contributed by atoms with Crippen molar-refractivity contribution in [2.45, 2.75) is 77.6 Å². The Kier molecular flexibility index (Phi) is 8.34. The molecule has 29 heavy (non-hydrogen) atoms. The van der Waals surface area contributed by atoms with E-state index in [9.17, 15) is 4.79 Å². The fourth-order valence-electron chi connectivity index (χ4n) is 4.38. The summed E-state index contributed by atoms with van der Waals surface area (Å²) in [5, 5.41) is 0. The largest absolute Gasteiger partial charge is 0.494 e. The van der Waals surface area contributed by atoms with Crippen LogP contribution in [0.2, 0.25) is 0 Å². The molecule has 2 unspecified atom stereocenters. The van der Waals surface area contributed by atoms with Gasteiger partial charge in [-0.3, -0.25) is 4.79 Å². The number of ketones is 1. The second kappa shape index (κ2) is 11.2. The number of carbonyl (C=O) groups excluding carboxylic acids is 1. The van der Waals surface area contributed by atoms with E-state index in [1.165, 1.54) is 55.2 Å². The SMILES string of the molecule is CCCCCOc1ccc(-c2ccc(C3CCC(CCCC)CC3=O)cc2)cc1. The van der Waals surface area contributed by atoms with Crippen molar-refractivity contribution in [3.63, 3.8) is 0 Å². The molecule has 1 saturated carbocycles. The molecule has 1 aliphatic rings. The monoisotopic (exact) mass is 392 g/mol. The molecule has 3 rings (SSSR count). The zero-order valence-corrected chi connectivity index (χ0v) is 18.2. The van der Waals surface area contributed by atoms with Crippen LogP contribution in [-0.2, 0) is 4.79 Å². The quantitative estimate of drug-likeness (QED) is 0.390. The Labute approximate surface area is 176 Å². The van der Waals surface area contributed by atoms with E-state index >= 15 is 0 Å². The van der Waals surface area contributed by atoms with E-state index in [4.69, 9.17) is 4.74 Å². The van der Waals surface area contributed by atoms with E-state index in [0.717, 1.165) is 31.6 Å². The first-order chi connectivity index (χ1) is 14.2. The number of benzene rings is 2. The maximum atomic E-state index is 12.7. The normalized spacial score (nSPS) is 19.3. The van der Waals surface area contributed by atoms with Crippen molar-refractivity contribution in [2.24, 2.45) is 5.92 Å². The fraction of sp³-hybridized carbons (Fsp3) is 0.519. The number of hydrogen-bond donors (Lipinski definition) is 0. The lowest BCUT2D eigenvalue weighted by Gasteiger charge is -2.27. The second-order valence-electron chi connectivity index (χ2n) is 8.51. The van der Waals surface area contributed by atoms with Gasteiger partial charge in [-0.05, 0) is 54.0 Å². The molecule has 156 valence electrons. The Bertz CT molecular complexity index is 745. The van der Waals surface area contributed by atoms with Crippen molar-refractivity contribution < 1.29 is 9.53 Å². The smallest absolute Gasteiger partial charge is 0.140 e. The molecule has 2 aromatic rings. The number of carbonyl (C=O) groups is 1. The molecule has 1 fully saturated rings. The predicted octanol–water partition coefficient (Wildman–Crippen LogP) is 7.57. The van der Waals surface area contributed by atoms with Crippen molar-refractivity contribution >= 4 is 5.78 Å². The highest BCUT2D eigenvalue weighted by molar-refractivity contribution is 5.86. The third-order valence-electron chi connectivity index (χ3n) is 6.23. The van der Waals surface area contributed by atoms with Gasteiger partial charge < -0.3 is 4.74 Å². The van der Waals surface area contributed by atoms with Crippen molar-refractivity contribution in [3.8, 4) is 16.9 Å². The van der Waals surface area contributed by atoms with Gasteiger partial charge in [0, 0.05) is 12.3 Å². The summed E-state index contributed by atoms with van der Waals surface area (Å²) < 4.78 is 5.80. The van der Waals surface area contributed by atoms with Gasteiger partial charge in [-0.25, -0.2) is 0 Å². The first-order valence-electron chi connectivity index (χ1n) is 11.6. The van der Waals surface area contributed by atoms with E-state index in [1.54, 1.807) is 0 Å². The molecule has 0 heterocycles. The lowest BCUT2D eigenvalue weighted by Crippen LogP contribution is -2.23. The standard InChI is InChI=1S/C27H36O2/c1-3-5-7-19-29-25-16-14-23(15-17-25)22-10-12-24(13-11-22)26-18-9-21(8-6-4-2)20-27(26)28/h10-17,21,26H,3-9,18-20H2,1-2H3. The molecule has 0 amide bonds. The lowest BCUT2D eigenvalue weighted by molar-refractivity contribution is -0.123. The minimum absolute atomic E-state index is 0.0980. The van der Waals surface area contributed by atoms with Crippen LogP contribution in [0.15, 0.2) is 48.5 Å². The van der Waals surface area contributed by atoms with E-state index < -0.39 is 0 Å². The highest BCUT2D eigenvalue weighted by atomic mass is 16.5.